The second-order valence-corrected chi connectivity index (χ2v) is 8.07. The lowest BCUT2D eigenvalue weighted by molar-refractivity contribution is 0.0600. The zero-order valence-electron chi connectivity index (χ0n) is 16.0. The highest BCUT2D eigenvalue weighted by Crippen LogP contribution is 2.23. The number of ether oxygens (including phenoxy) is 2. The summed E-state index contributed by atoms with van der Waals surface area (Å²) >= 11 is 0. The molecule has 3 aromatic rings. The third kappa shape index (κ3) is 4.44. The van der Waals surface area contributed by atoms with Crippen molar-refractivity contribution in [2.45, 2.75) is 11.4 Å². The summed E-state index contributed by atoms with van der Waals surface area (Å²) in [5.41, 5.74) is 0.815. The molecule has 0 fully saturated rings. The van der Waals surface area contributed by atoms with Crippen LogP contribution in [0.1, 0.15) is 16.2 Å². The fraction of sp³-hybridized carbons (Fsp3) is 0.211. The number of esters is 1. The highest BCUT2D eigenvalue weighted by Gasteiger charge is 2.24. The Labute approximate surface area is 167 Å². The van der Waals surface area contributed by atoms with E-state index in [2.05, 4.69) is 14.9 Å². The van der Waals surface area contributed by atoms with E-state index in [1.54, 1.807) is 31.4 Å². The van der Waals surface area contributed by atoms with Crippen LogP contribution in [0.4, 0.5) is 0 Å². The summed E-state index contributed by atoms with van der Waals surface area (Å²) in [4.78, 5) is 15.9. The summed E-state index contributed by atoms with van der Waals surface area (Å²) in [6.07, 6.45) is 0. The number of hydrogen-bond donors (Lipinski definition) is 0. The van der Waals surface area contributed by atoms with Crippen molar-refractivity contribution in [2.75, 3.05) is 21.3 Å². The average molecular weight is 417 g/mol. The van der Waals surface area contributed by atoms with Gasteiger partial charge in [0, 0.05) is 12.6 Å². The van der Waals surface area contributed by atoms with E-state index in [0.29, 0.717) is 17.1 Å². The van der Waals surface area contributed by atoms with Crippen molar-refractivity contribution in [1.29, 1.82) is 0 Å². The van der Waals surface area contributed by atoms with Crippen LogP contribution in [-0.2, 0) is 21.3 Å². The summed E-state index contributed by atoms with van der Waals surface area (Å²) < 4.78 is 41.7. The highest BCUT2D eigenvalue weighted by atomic mass is 32.2. The predicted octanol–water partition coefficient (Wildman–Crippen LogP) is 2.35. The fourth-order valence-electron chi connectivity index (χ4n) is 2.56. The molecule has 1 heterocycles. The summed E-state index contributed by atoms with van der Waals surface area (Å²) in [6, 6.07) is 12.7. The first-order chi connectivity index (χ1) is 13.8. The largest absolute Gasteiger partial charge is 0.497 e. The van der Waals surface area contributed by atoms with Crippen LogP contribution in [0.5, 0.6) is 5.75 Å². The van der Waals surface area contributed by atoms with Crippen LogP contribution in [0.2, 0.25) is 0 Å². The Morgan fingerprint density at radius 3 is 2.62 bits per heavy atom. The van der Waals surface area contributed by atoms with Crippen LogP contribution in [0, 0.1) is 0 Å². The number of sulfonamides is 1. The quantitative estimate of drug-likeness (QED) is 0.539. The van der Waals surface area contributed by atoms with Gasteiger partial charge >= 0.3 is 5.97 Å². The Balaban J connectivity index is 1.80. The van der Waals surface area contributed by atoms with E-state index in [1.165, 1.54) is 38.4 Å². The fourth-order valence-corrected chi connectivity index (χ4v) is 3.72. The van der Waals surface area contributed by atoms with Crippen molar-refractivity contribution in [3.63, 3.8) is 0 Å². The van der Waals surface area contributed by atoms with Crippen molar-refractivity contribution in [1.82, 2.24) is 14.4 Å². The molecule has 0 aliphatic rings. The van der Waals surface area contributed by atoms with E-state index in [0.717, 1.165) is 4.31 Å². The molecule has 10 heteroatoms. The molecular formula is C19H19N3O6S. The van der Waals surface area contributed by atoms with Crippen LogP contribution in [0.15, 0.2) is 57.9 Å². The van der Waals surface area contributed by atoms with Crippen molar-refractivity contribution >= 4 is 16.0 Å². The maximum atomic E-state index is 12.8. The molecule has 0 saturated carbocycles. The molecule has 0 bridgehead atoms. The summed E-state index contributed by atoms with van der Waals surface area (Å²) in [7, 11) is 0.273. The summed E-state index contributed by atoms with van der Waals surface area (Å²) in [5.74, 6) is 0.457. The SMILES string of the molecule is COC(=O)c1cccc(S(=O)(=O)N(C)Cc2nc(-c3cccc(OC)c3)no2)c1. The zero-order valence-corrected chi connectivity index (χ0v) is 16.8. The maximum absolute atomic E-state index is 12.8. The van der Waals surface area contributed by atoms with E-state index in [-0.39, 0.29) is 22.9 Å². The van der Waals surface area contributed by atoms with Gasteiger partial charge in [-0.05, 0) is 30.3 Å². The Kier molecular flexibility index (Phi) is 5.95. The number of hydrogen-bond acceptors (Lipinski definition) is 8. The maximum Gasteiger partial charge on any atom is 0.337 e. The molecule has 152 valence electrons. The smallest absolute Gasteiger partial charge is 0.337 e. The third-order valence-electron chi connectivity index (χ3n) is 4.12. The van der Waals surface area contributed by atoms with Crippen LogP contribution >= 0.6 is 0 Å². The third-order valence-corrected chi connectivity index (χ3v) is 5.92. The highest BCUT2D eigenvalue weighted by molar-refractivity contribution is 7.89. The van der Waals surface area contributed by atoms with Crippen molar-refractivity contribution < 1.29 is 27.2 Å². The lowest BCUT2D eigenvalue weighted by Gasteiger charge is -2.15. The lowest BCUT2D eigenvalue weighted by atomic mass is 10.2. The van der Waals surface area contributed by atoms with E-state index in [4.69, 9.17) is 9.26 Å². The number of rotatable bonds is 7. The molecule has 0 N–H and O–H groups in total. The van der Waals surface area contributed by atoms with Crippen LogP contribution in [-0.4, -0.2) is 50.1 Å². The normalized spacial score (nSPS) is 11.4. The van der Waals surface area contributed by atoms with Crippen LogP contribution in [0.3, 0.4) is 0 Å². The van der Waals surface area contributed by atoms with E-state index in [1.807, 2.05) is 0 Å². The first-order valence-corrected chi connectivity index (χ1v) is 9.91. The Hall–Kier alpha value is -3.24. The minimum Gasteiger partial charge on any atom is -0.497 e. The Morgan fingerprint density at radius 1 is 1.14 bits per heavy atom. The molecule has 0 aliphatic carbocycles. The number of benzene rings is 2. The molecule has 0 amide bonds. The molecule has 0 aliphatic heterocycles. The number of methoxy groups -OCH3 is 2. The number of nitrogens with zero attached hydrogens (tertiary/aromatic N) is 3. The molecule has 3 rings (SSSR count). The Morgan fingerprint density at radius 2 is 1.90 bits per heavy atom. The molecule has 0 spiro atoms. The molecule has 0 saturated heterocycles. The molecule has 9 nitrogen and oxygen atoms in total. The van der Waals surface area contributed by atoms with Gasteiger partial charge in [-0.15, -0.1) is 0 Å². The van der Waals surface area contributed by atoms with Gasteiger partial charge < -0.3 is 14.0 Å². The molecule has 1 aromatic heterocycles. The van der Waals surface area contributed by atoms with E-state index in [9.17, 15) is 13.2 Å². The predicted molar refractivity (Wildman–Crippen MR) is 103 cm³/mol. The standard InChI is InChI=1S/C19H19N3O6S/c1-22(29(24,25)16-9-5-7-14(11-16)19(23)27-3)12-17-20-18(21-28-17)13-6-4-8-15(10-13)26-2/h4-11H,12H2,1-3H3. The molecule has 0 unspecified atom stereocenters. The number of carbonyl (C=O) groups is 1. The number of aromatic nitrogens is 2. The van der Waals surface area contributed by atoms with Crippen LogP contribution < -0.4 is 4.74 Å². The van der Waals surface area contributed by atoms with Gasteiger partial charge in [0.05, 0.1) is 31.2 Å². The minimum atomic E-state index is -3.89. The van der Waals surface area contributed by atoms with E-state index >= 15 is 0 Å². The summed E-state index contributed by atoms with van der Waals surface area (Å²) in [5, 5.41) is 3.89. The van der Waals surface area contributed by atoms with Gasteiger partial charge in [-0.2, -0.15) is 9.29 Å². The van der Waals surface area contributed by atoms with Gasteiger partial charge in [-0.25, -0.2) is 13.2 Å². The minimum absolute atomic E-state index is 0.0459. The van der Waals surface area contributed by atoms with Gasteiger partial charge in [0.1, 0.15) is 5.75 Å². The first-order valence-electron chi connectivity index (χ1n) is 8.47. The Bertz CT molecular complexity index is 1130. The van der Waals surface area contributed by atoms with Gasteiger partial charge in [-0.3, -0.25) is 0 Å². The van der Waals surface area contributed by atoms with Crippen LogP contribution in [0.25, 0.3) is 11.4 Å². The second kappa shape index (κ2) is 8.41. The molecule has 29 heavy (non-hydrogen) atoms. The van der Waals surface area contributed by atoms with Crippen molar-refractivity contribution in [3.8, 4) is 17.1 Å². The van der Waals surface area contributed by atoms with Gasteiger partial charge in [0.15, 0.2) is 0 Å². The van der Waals surface area contributed by atoms with Crippen molar-refractivity contribution in [3.05, 3.63) is 60.0 Å². The second-order valence-electron chi connectivity index (χ2n) is 6.02. The summed E-state index contributed by atoms with van der Waals surface area (Å²) in [6.45, 7) is -0.137. The molecule has 2 aromatic carbocycles. The average Bonchev–Trinajstić information content (AvgIpc) is 3.21. The molecular weight excluding hydrogens is 398 g/mol. The number of carbonyl (C=O) groups excluding carboxylic acids is 1. The lowest BCUT2D eigenvalue weighted by Crippen LogP contribution is -2.26. The monoisotopic (exact) mass is 417 g/mol. The van der Waals surface area contributed by atoms with E-state index < -0.39 is 16.0 Å². The van der Waals surface area contributed by atoms with Gasteiger partial charge in [-0.1, -0.05) is 23.4 Å². The molecule has 0 atom stereocenters. The van der Waals surface area contributed by atoms with Gasteiger partial charge in [0.25, 0.3) is 0 Å². The van der Waals surface area contributed by atoms with Gasteiger partial charge in [0.2, 0.25) is 21.7 Å². The first kappa shape index (κ1) is 20.5. The molecule has 0 radical (unpaired) electrons. The topological polar surface area (TPSA) is 112 Å². The zero-order chi connectivity index (χ0) is 21.0. The van der Waals surface area contributed by atoms with Crippen molar-refractivity contribution in [2.24, 2.45) is 0 Å².